The lowest BCUT2D eigenvalue weighted by Crippen LogP contribution is -2.55. The summed E-state index contributed by atoms with van der Waals surface area (Å²) in [7, 11) is 5.30. The number of carbonyl (C=O) groups excluding carboxylic acids is 2. The summed E-state index contributed by atoms with van der Waals surface area (Å²) in [6.45, 7) is 1.23. The maximum absolute atomic E-state index is 11.1. The van der Waals surface area contributed by atoms with E-state index in [1.54, 1.807) is 21.1 Å². The van der Waals surface area contributed by atoms with Crippen molar-refractivity contribution in [2.24, 2.45) is 0 Å². The topological polar surface area (TPSA) is 77.4 Å². The van der Waals surface area contributed by atoms with Crippen molar-refractivity contribution in [1.82, 2.24) is 0 Å². The normalized spacial score (nSPS) is 15.0. The highest BCUT2D eigenvalue weighted by Crippen LogP contribution is 2.15. The molecular formula is C9H18ClNO4. The third-order valence-corrected chi connectivity index (χ3v) is 1.83. The second-order valence-electron chi connectivity index (χ2n) is 4.58. The number of ketones is 1. The third-order valence-electron chi connectivity index (χ3n) is 1.83. The summed E-state index contributed by atoms with van der Waals surface area (Å²) in [5, 5.41) is 20.2. The van der Waals surface area contributed by atoms with Crippen molar-refractivity contribution in [2.75, 3.05) is 27.7 Å². The molecule has 0 amide bonds. The van der Waals surface area contributed by atoms with E-state index in [9.17, 15) is 19.8 Å². The minimum Gasteiger partial charge on any atom is -0.550 e. The van der Waals surface area contributed by atoms with Crippen LogP contribution in [0.15, 0.2) is 0 Å². The Balaban J connectivity index is 0. The Hall–Kier alpha value is -0.650. The molecule has 0 fully saturated rings. The molecule has 90 valence electrons. The highest BCUT2D eigenvalue weighted by Gasteiger charge is 2.38. The molecule has 0 rings (SSSR count). The highest BCUT2D eigenvalue weighted by molar-refractivity contribution is 5.88. The monoisotopic (exact) mass is 239 g/mol. The van der Waals surface area contributed by atoms with Gasteiger partial charge in [-0.2, -0.15) is 0 Å². The molecule has 0 bridgehead atoms. The van der Waals surface area contributed by atoms with Gasteiger partial charge in [-0.1, -0.05) is 0 Å². The van der Waals surface area contributed by atoms with Crippen molar-refractivity contribution in [2.45, 2.75) is 18.9 Å². The van der Waals surface area contributed by atoms with Crippen LogP contribution < -0.4 is 5.11 Å². The van der Waals surface area contributed by atoms with E-state index < -0.39 is 23.8 Å². The van der Waals surface area contributed by atoms with E-state index in [2.05, 4.69) is 0 Å². The molecule has 0 aliphatic rings. The average molecular weight is 240 g/mol. The largest absolute Gasteiger partial charge is 0.550 e. The Morgan fingerprint density at radius 3 is 1.93 bits per heavy atom. The molecule has 0 saturated heterocycles. The fourth-order valence-electron chi connectivity index (χ4n) is 1.32. The first-order valence-electron chi connectivity index (χ1n) is 4.30. The minimum atomic E-state index is -1.82. The molecule has 0 saturated carbocycles. The van der Waals surface area contributed by atoms with Crippen molar-refractivity contribution in [1.29, 1.82) is 0 Å². The van der Waals surface area contributed by atoms with Gasteiger partial charge in [-0.15, -0.1) is 12.4 Å². The number of halogens is 1. The Morgan fingerprint density at radius 1 is 1.33 bits per heavy atom. The molecule has 1 unspecified atom stereocenters. The van der Waals surface area contributed by atoms with E-state index in [0.717, 1.165) is 0 Å². The van der Waals surface area contributed by atoms with Crippen molar-refractivity contribution < 1.29 is 24.3 Å². The molecule has 15 heavy (non-hydrogen) atoms. The number of Topliss-reactive ketones (excluding diaryl/α,β-unsaturated/α-hetero) is 1. The number of hydrogen-bond acceptors (Lipinski definition) is 4. The van der Waals surface area contributed by atoms with Gasteiger partial charge >= 0.3 is 0 Å². The summed E-state index contributed by atoms with van der Waals surface area (Å²) >= 11 is 0. The zero-order valence-corrected chi connectivity index (χ0v) is 10.3. The van der Waals surface area contributed by atoms with Crippen LogP contribution >= 0.6 is 12.4 Å². The standard InChI is InChI=1S/C9H17NO4.ClH/c1-7(11)9(14,5-8(12)13)6-10(2,3)4;/h14H,5-6H2,1-4H3;1H. The molecule has 0 aliphatic heterocycles. The van der Waals surface area contributed by atoms with Crippen LogP contribution in [0, 0.1) is 0 Å². The summed E-state index contributed by atoms with van der Waals surface area (Å²) in [5.41, 5.74) is -1.82. The predicted molar refractivity (Wildman–Crippen MR) is 55.4 cm³/mol. The number of aliphatic hydroxyl groups is 1. The fraction of sp³-hybridized carbons (Fsp3) is 0.778. The van der Waals surface area contributed by atoms with Crippen LogP contribution in [0.5, 0.6) is 0 Å². The van der Waals surface area contributed by atoms with Gasteiger partial charge in [-0.25, -0.2) is 0 Å². The zero-order chi connectivity index (χ0) is 11.6. The molecule has 6 heteroatoms. The first kappa shape index (κ1) is 16.8. The first-order valence-corrected chi connectivity index (χ1v) is 4.30. The third kappa shape index (κ3) is 6.43. The molecule has 1 N–H and O–H groups in total. The number of aliphatic carboxylic acids is 1. The molecule has 0 heterocycles. The van der Waals surface area contributed by atoms with E-state index in [0.29, 0.717) is 4.48 Å². The van der Waals surface area contributed by atoms with Crippen LogP contribution in [0.2, 0.25) is 0 Å². The molecular weight excluding hydrogens is 222 g/mol. The smallest absolute Gasteiger partial charge is 0.176 e. The van der Waals surface area contributed by atoms with E-state index >= 15 is 0 Å². The lowest BCUT2D eigenvalue weighted by Gasteiger charge is -2.34. The van der Waals surface area contributed by atoms with Crippen LogP contribution in [-0.2, 0) is 9.59 Å². The number of nitrogens with zero attached hydrogens (tertiary/aromatic N) is 1. The molecule has 1 atom stereocenters. The first-order chi connectivity index (χ1) is 6.07. The van der Waals surface area contributed by atoms with Gasteiger partial charge in [-0.05, 0) is 6.92 Å². The SMILES string of the molecule is CC(=O)C(O)(CC(=O)[O-])C[N+](C)(C)C.Cl. The number of quaternary nitrogens is 1. The van der Waals surface area contributed by atoms with Crippen molar-refractivity contribution in [3.63, 3.8) is 0 Å². The molecule has 0 spiro atoms. The Labute approximate surface area is 95.7 Å². The lowest BCUT2D eigenvalue weighted by atomic mass is 9.94. The number of carboxylic acids is 1. The number of rotatable bonds is 5. The van der Waals surface area contributed by atoms with Crippen molar-refractivity contribution in [3.8, 4) is 0 Å². The van der Waals surface area contributed by atoms with Gasteiger partial charge in [0.25, 0.3) is 0 Å². The van der Waals surface area contributed by atoms with Gasteiger partial charge < -0.3 is 19.5 Å². The highest BCUT2D eigenvalue weighted by atomic mass is 35.5. The molecule has 0 radical (unpaired) electrons. The summed E-state index contributed by atoms with van der Waals surface area (Å²) in [5.74, 6) is -1.97. The van der Waals surface area contributed by atoms with Gasteiger partial charge in [0.05, 0.1) is 21.1 Å². The van der Waals surface area contributed by atoms with E-state index in [1.165, 1.54) is 6.92 Å². The number of likely N-dealkylation sites (N-methyl/N-ethyl adjacent to an activating group) is 1. The fourth-order valence-corrected chi connectivity index (χ4v) is 1.32. The zero-order valence-electron chi connectivity index (χ0n) is 9.44. The summed E-state index contributed by atoms with van der Waals surface area (Å²) < 4.78 is 0.309. The van der Waals surface area contributed by atoms with Gasteiger partial charge in [-0.3, -0.25) is 4.79 Å². The van der Waals surface area contributed by atoms with Crippen molar-refractivity contribution >= 4 is 24.2 Å². The second-order valence-corrected chi connectivity index (χ2v) is 4.58. The molecule has 0 aliphatic carbocycles. The van der Waals surface area contributed by atoms with E-state index in [1.807, 2.05) is 0 Å². The number of hydrogen-bond donors (Lipinski definition) is 1. The second kappa shape index (κ2) is 5.44. The predicted octanol–water partition coefficient (Wildman–Crippen LogP) is -1.43. The Bertz CT molecular complexity index is 249. The summed E-state index contributed by atoms with van der Waals surface area (Å²) in [6, 6.07) is 0. The molecule has 5 nitrogen and oxygen atoms in total. The Kier molecular flexibility index (Phi) is 6.08. The van der Waals surface area contributed by atoms with Crippen LogP contribution in [0.1, 0.15) is 13.3 Å². The molecule has 0 aromatic heterocycles. The van der Waals surface area contributed by atoms with Crippen LogP contribution in [0.3, 0.4) is 0 Å². The number of carboxylic acid groups (broad SMARTS) is 1. The summed E-state index contributed by atoms with van der Waals surface area (Å²) in [4.78, 5) is 21.5. The average Bonchev–Trinajstić information content (AvgIpc) is 1.79. The van der Waals surface area contributed by atoms with Gasteiger partial charge in [0.15, 0.2) is 11.4 Å². The molecule has 0 aromatic carbocycles. The minimum absolute atomic E-state index is 0. The molecule has 0 aromatic rings. The lowest BCUT2D eigenvalue weighted by molar-refractivity contribution is -0.875. The van der Waals surface area contributed by atoms with Crippen molar-refractivity contribution in [3.05, 3.63) is 0 Å². The maximum atomic E-state index is 11.1. The number of carbonyl (C=O) groups is 2. The van der Waals surface area contributed by atoms with E-state index in [-0.39, 0.29) is 19.0 Å². The Morgan fingerprint density at radius 2 is 1.73 bits per heavy atom. The van der Waals surface area contributed by atoms with Crippen LogP contribution in [0.25, 0.3) is 0 Å². The maximum Gasteiger partial charge on any atom is 0.176 e. The van der Waals surface area contributed by atoms with Crippen LogP contribution in [-0.4, -0.2) is 54.6 Å². The van der Waals surface area contributed by atoms with Gasteiger partial charge in [0, 0.05) is 12.4 Å². The quantitative estimate of drug-likeness (QED) is 0.597. The van der Waals surface area contributed by atoms with Gasteiger partial charge in [0.2, 0.25) is 0 Å². The summed E-state index contributed by atoms with van der Waals surface area (Å²) in [6.07, 6.45) is -0.655. The van der Waals surface area contributed by atoms with Crippen LogP contribution in [0.4, 0.5) is 0 Å². The van der Waals surface area contributed by atoms with Gasteiger partial charge in [0.1, 0.15) is 6.54 Å². The van der Waals surface area contributed by atoms with E-state index in [4.69, 9.17) is 0 Å².